The van der Waals surface area contributed by atoms with Gasteiger partial charge >= 0.3 is 5.97 Å². The van der Waals surface area contributed by atoms with Crippen molar-refractivity contribution in [2.75, 3.05) is 40.0 Å². The second-order valence-electron chi connectivity index (χ2n) is 7.36. The summed E-state index contributed by atoms with van der Waals surface area (Å²) in [5.74, 6) is -2.12. The van der Waals surface area contributed by atoms with Gasteiger partial charge in [-0.25, -0.2) is 23.6 Å². The largest absolute Gasteiger partial charge is 0.466 e. The minimum Gasteiger partial charge on any atom is -0.466 e. The summed E-state index contributed by atoms with van der Waals surface area (Å²) in [6.07, 6.45) is 1.65. The summed E-state index contributed by atoms with van der Waals surface area (Å²) < 4.78 is 38.3. The zero-order valence-electron chi connectivity index (χ0n) is 17.2. The maximum atomic E-state index is 14.2. The molecule has 1 N–H and O–H groups in total. The average molecular weight is 448 g/mol. The summed E-state index contributed by atoms with van der Waals surface area (Å²) in [6, 6.07) is 3.54. The number of rotatable bonds is 5. The number of hydrogen-bond donors (Lipinski definition) is 1. The highest BCUT2D eigenvalue weighted by atomic mass is 32.1. The summed E-state index contributed by atoms with van der Waals surface area (Å²) >= 11 is 1.38. The molecule has 4 rings (SSSR count). The highest BCUT2D eigenvalue weighted by Gasteiger charge is 2.43. The molecule has 0 amide bonds. The monoisotopic (exact) mass is 448 g/mol. The fourth-order valence-corrected chi connectivity index (χ4v) is 4.36. The van der Waals surface area contributed by atoms with Gasteiger partial charge in [-0.1, -0.05) is 6.07 Å². The van der Waals surface area contributed by atoms with E-state index < -0.39 is 23.1 Å². The molecular weight excluding hydrogens is 426 g/mol. The van der Waals surface area contributed by atoms with Crippen LogP contribution in [0.1, 0.15) is 17.5 Å². The zero-order valence-corrected chi connectivity index (χ0v) is 18.0. The number of aromatic nitrogens is 1. The molecule has 0 radical (unpaired) electrons. The zero-order chi connectivity index (χ0) is 22.0. The molecule has 2 aliphatic rings. The van der Waals surface area contributed by atoms with Gasteiger partial charge in [-0.05, 0) is 24.6 Å². The van der Waals surface area contributed by atoms with Gasteiger partial charge in [0.25, 0.3) is 0 Å². The first kappa shape index (κ1) is 21.5. The van der Waals surface area contributed by atoms with E-state index in [2.05, 4.69) is 15.2 Å². The number of carbonyl (C=O) groups is 1. The van der Waals surface area contributed by atoms with E-state index >= 15 is 0 Å². The highest BCUT2D eigenvalue weighted by Crippen LogP contribution is 2.39. The van der Waals surface area contributed by atoms with Gasteiger partial charge in [0.05, 0.1) is 25.9 Å². The molecular formula is C21H22F2N4O3S. The van der Waals surface area contributed by atoms with E-state index in [9.17, 15) is 13.6 Å². The molecule has 7 nitrogen and oxygen atoms in total. The minimum atomic E-state index is -1.31. The van der Waals surface area contributed by atoms with Gasteiger partial charge in [0.15, 0.2) is 22.5 Å². The van der Waals surface area contributed by atoms with E-state index in [0.29, 0.717) is 55.0 Å². The number of methoxy groups -OCH3 is 1. The molecule has 2 aromatic rings. The number of halogens is 2. The Labute approximate surface area is 182 Å². The Morgan fingerprint density at radius 1 is 1.32 bits per heavy atom. The van der Waals surface area contributed by atoms with E-state index in [1.165, 1.54) is 24.5 Å². The summed E-state index contributed by atoms with van der Waals surface area (Å²) in [5.41, 5.74) is -0.147. The van der Waals surface area contributed by atoms with Crippen molar-refractivity contribution in [1.29, 1.82) is 0 Å². The maximum absolute atomic E-state index is 14.2. The number of amidine groups is 1. The summed E-state index contributed by atoms with van der Waals surface area (Å²) in [7, 11) is 1.29. The SMILES string of the molecule is COC(=O)C1=C(CN2CCOCC2)NC(c2nccs2)=N[C@@]1(C)c1ccc(F)c(F)c1. The molecule has 1 atom stereocenters. The van der Waals surface area contributed by atoms with Gasteiger partial charge in [-0.3, -0.25) is 4.90 Å². The fourth-order valence-electron chi connectivity index (χ4n) is 3.78. The van der Waals surface area contributed by atoms with Crippen molar-refractivity contribution in [3.8, 4) is 0 Å². The van der Waals surface area contributed by atoms with Crippen LogP contribution in [0.15, 0.2) is 46.0 Å². The van der Waals surface area contributed by atoms with Gasteiger partial charge in [-0.15, -0.1) is 11.3 Å². The molecule has 0 spiro atoms. The van der Waals surface area contributed by atoms with Crippen molar-refractivity contribution < 1.29 is 23.0 Å². The number of ether oxygens (including phenoxy) is 2. The van der Waals surface area contributed by atoms with Crippen LogP contribution in [0.25, 0.3) is 0 Å². The molecule has 1 saturated heterocycles. The molecule has 0 saturated carbocycles. The van der Waals surface area contributed by atoms with Gasteiger partial charge in [-0.2, -0.15) is 0 Å². The number of carbonyl (C=O) groups excluding carboxylic acids is 1. The van der Waals surface area contributed by atoms with Crippen molar-refractivity contribution in [3.05, 3.63) is 63.3 Å². The lowest BCUT2D eigenvalue weighted by molar-refractivity contribution is -0.137. The standard InChI is InChI=1S/C21H22F2N4O3S/c1-21(13-3-4-14(22)15(23)11-13)17(20(28)29-2)16(12-27-6-8-30-9-7-27)25-18(26-21)19-24-5-10-31-19/h3-5,10-11H,6-9,12H2,1-2H3,(H,25,26)/t21-/m0/s1. The molecule has 1 aromatic heterocycles. The number of thiazole rings is 1. The number of morpholine rings is 1. The molecule has 164 valence electrons. The highest BCUT2D eigenvalue weighted by molar-refractivity contribution is 7.11. The normalized spacial score (nSPS) is 22.1. The molecule has 0 bridgehead atoms. The number of nitrogens with zero attached hydrogens (tertiary/aromatic N) is 3. The Morgan fingerprint density at radius 2 is 2.10 bits per heavy atom. The molecule has 0 unspecified atom stereocenters. The lowest BCUT2D eigenvalue weighted by atomic mass is 9.82. The number of benzene rings is 1. The first-order valence-electron chi connectivity index (χ1n) is 9.76. The van der Waals surface area contributed by atoms with Crippen LogP contribution < -0.4 is 5.32 Å². The molecule has 1 fully saturated rings. The van der Waals surface area contributed by atoms with Gasteiger partial charge in [0, 0.05) is 36.9 Å². The topological polar surface area (TPSA) is 76.0 Å². The van der Waals surface area contributed by atoms with Crippen LogP contribution in [0.2, 0.25) is 0 Å². The van der Waals surface area contributed by atoms with Crippen LogP contribution in [0.5, 0.6) is 0 Å². The second kappa shape index (κ2) is 8.81. The lowest BCUT2D eigenvalue weighted by Crippen LogP contribution is -2.46. The van der Waals surface area contributed by atoms with Crippen molar-refractivity contribution >= 4 is 23.1 Å². The lowest BCUT2D eigenvalue weighted by Gasteiger charge is -2.37. The van der Waals surface area contributed by atoms with Crippen molar-refractivity contribution in [2.45, 2.75) is 12.5 Å². The predicted molar refractivity (Wildman–Crippen MR) is 112 cm³/mol. The van der Waals surface area contributed by atoms with E-state index in [4.69, 9.17) is 14.5 Å². The molecule has 10 heteroatoms. The van der Waals surface area contributed by atoms with E-state index in [-0.39, 0.29) is 5.57 Å². The maximum Gasteiger partial charge on any atom is 0.338 e. The van der Waals surface area contributed by atoms with Crippen molar-refractivity contribution in [1.82, 2.24) is 15.2 Å². The quantitative estimate of drug-likeness (QED) is 0.709. The third-order valence-electron chi connectivity index (χ3n) is 5.38. The molecule has 2 aliphatic heterocycles. The Kier molecular flexibility index (Phi) is 6.12. The molecule has 31 heavy (non-hydrogen) atoms. The van der Waals surface area contributed by atoms with Crippen LogP contribution in [0.3, 0.4) is 0 Å². The first-order valence-corrected chi connectivity index (χ1v) is 10.6. The van der Waals surface area contributed by atoms with Crippen LogP contribution >= 0.6 is 11.3 Å². The second-order valence-corrected chi connectivity index (χ2v) is 8.25. The van der Waals surface area contributed by atoms with Gasteiger partial charge in [0.1, 0.15) is 5.54 Å². The van der Waals surface area contributed by atoms with Crippen LogP contribution in [0.4, 0.5) is 8.78 Å². The van der Waals surface area contributed by atoms with E-state index in [1.54, 1.807) is 13.1 Å². The minimum absolute atomic E-state index is 0.243. The van der Waals surface area contributed by atoms with E-state index in [1.807, 2.05) is 5.38 Å². The number of nitrogens with one attached hydrogen (secondary N) is 1. The Hall–Kier alpha value is -2.69. The average Bonchev–Trinajstić information content (AvgIpc) is 3.31. The number of hydrogen-bond acceptors (Lipinski definition) is 8. The predicted octanol–water partition coefficient (Wildman–Crippen LogP) is 2.45. The first-order chi connectivity index (χ1) is 14.9. The number of esters is 1. The van der Waals surface area contributed by atoms with Crippen LogP contribution in [-0.2, 0) is 19.8 Å². The van der Waals surface area contributed by atoms with E-state index in [0.717, 1.165) is 12.1 Å². The summed E-state index contributed by atoms with van der Waals surface area (Å²) in [4.78, 5) is 24.2. The van der Waals surface area contributed by atoms with Crippen LogP contribution in [-0.4, -0.2) is 61.6 Å². The van der Waals surface area contributed by atoms with Crippen LogP contribution in [0, 0.1) is 11.6 Å². The Balaban J connectivity index is 1.87. The summed E-state index contributed by atoms with van der Waals surface area (Å²) in [5, 5.41) is 5.68. The third kappa shape index (κ3) is 4.23. The molecule has 3 heterocycles. The molecule has 0 aliphatic carbocycles. The van der Waals surface area contributed by atoms with Gasteiger partial charge in [0.2, 0.25) is 0 Å². The fraction of sp³-hybridized carbons (Fsp3) is 0.381. The third-order valence-corrected chi connectivity index (χ3v) is 6.16. The summed E-state index contributed by atoms with van der Waals surface area (Å²) in [6.45, 7) is 4.69. The van der Waals surface area contributed by atoms with Crippen molar-refractivity contribution in [3.63, 3.8) is 0 Å². The number of aliphatic imine (C=N–C) groups is 1. The smallest absolute Gasteiger partial charge is 0.338 e. The Morgan fingerprint density at radius 3 is 2.74 bits per heavy atom. The van der Waals surface area contributed by atoms with Crippen molar-refractivity contribution in [2.24, 2.45) is 4.99 Å². The van der Waals surface area contributed by atoms with Gasteiger partial charge < -0.3 is 14.8 Å². The molecule has 1 aromatic carbocycles. The Bertz CT molecular complexity index is 1040.